The van der Waals surface area contributed by atoms with Gasteiger partial charge in [-0.25, -0.2) is 13.4 Å². The van der Waals surface area contributed by atoms with Crippen molar-refractivity contribution in [1.82, 2.24) is 9.38 Å². The van der Waals surface area contributed by atoms with Gasteiger partial charge in [0.1, 0.15) is 0 Å². The number of fused-ring (bicyclic) bond motifs is 1. The zero-order chi connectivity index (χ0) is 13.5. The second-order valence-electron chi connectivity index (χ2n) is 5.29. The number of aromatic nitrogens is 2. The fourth-order valence-corrected chi connectivity index (χ4v) is 5.31. The van der Waals surface area contributed by atoms with Crippen LogP contribution < -0.4 is 5.73 Å². The van der Waals surface area contributed by atoms with E-state index in [1.165, 1.54) is 0 Å². The summed E-state index contributed by atoms with van der Waals surface area (Å²) in [7, 11) is -2.80. The Hall–Kier alpha value is -0.920. The molecular weight excluding hydrogens is 282 g/mol. The lowest BCUT2D eigenvalue weighted by atomic mass is 9.97. The molecule has 5 nitrogen and oxygen atoms in total. The first-order valence-corrected chi connectivity index (χ1v) is 9.09. The number of nitrogens with zero attached hydrogens (tertiary/aromatic N) is 2. The third-order valence-corrected chi connectivity index (χ3v) is 6.19. The minimum absolute atomic E-state index is 0.0112. The molecule has 0 aliphatic carbocycles. The first-order valence-electron chi connectivity index (χ1n) is 6.39. The quantitative estimate of drug-likeness (QED) is 0.917. The maximum absolute atomic E-state index is 11.4. The van der Waals surface area contributed by atoms with E-state index in [0.29, 0.717) is 17.9 Å². The molecular formula is C12H17N3O2S2. The Bertz CT molecular complexity index is 646. The summed E-state index contributed by atoms with van der Waals surface area (Å²) >= 11 is 1.60. The van der Waals surface area contributed by atoms with Gasteiger partial charge in [0.25, 0.3) is 0 Å². The molecule has 1 fully saturated rings. The van der Waals surface area contributed by atoms with Gasteiger partial charge in [-0.2, -0.15) is 0 Å². The highest BCUT2D eigenvalue weighted by Gasteiger charge is 2.29. The Balaban J connectivity index is 1.59. The SMILES string of the molecule is NC(Cc1cn2ccsc2n1)CC1CCS(=O)(=O)C1. The second kappa shape index (κ2) is 4.88. The van der Waals surface area contributed by atoms with E-state index in [1.54, 1.807) is 11.3 Å². The van der Waals surface area contributed by atoms with E-state index in [2.05, 4.69) is 4.98 Å². The van der Waals surface area contributed by atoms with Crippen LogP contribution in [-0.4, -0.2) is 35.4 Å². The number of thiazole rings is 1. The lowest BCUT2D eigenvalue weighted by Gasteiger charge is -2.14. The fourth-order valence-electron chi connectivity index (χ4n) is 2.71. The Morgan fingerprint density at radius 2 is 2.42 bits per heavy atom. The normalized spacial score (nSPS) is 23.9. The largest absolute Gasteiger partial charge is 0.327 e. The van der Waals surface area contributed by atoms with E-state index in [1.807, 2.05) is 22.2 Å². The molecule has 0 radical (unpaired) electrons. The molecule has 2 N–H and O–H groups in total. The van der Waals surface area contributed by atoms with E-state index in [4.69, 9.17) is 5.73 Å². The Morgan fingerprint density at radius 1 is 1.58 bits per heavy atom. The molecule has 1 aliphatic heterocycles. The smallest absolute Gasteiger partial charge is 0.193 e. The molecule has 104 valence electrons. The number of hydrogen-bond donors (Lipinski definition) is 1. The molecule has 0 bridgehead atoms. The third kappa shape index (κ3) is 2.98. The van der Waals surface area contributed by atoms with Crippen LogP contribution in [0.2, 0.25) is 0 Å². The van der Waals surface area contributed by atoms with Gasteiger partial charge < -0.3 is 5.73 Å². The maximum Gasteiger partial charge on any atom is 0.193 e. The monoisotopic (exact) mass is 299 g/mol. The zero-order valence-electron chi connectivity index (χ0n) is 10.5. The fraction of sp³-hybridized carbons (Fsp3) is 0.583. The van der Waals surface area contributed by atoms with Gasteiger partial charge in [0.2, 0.25) is 0 Å². The van der Waals surface area contributed by atoms with Gasteiger partial charge in [0.05, 0.1) is 17.2 Å². The Labute approximate surface area is 116 Å². The standard InChI is InChI=1S/C12H17N3O2S2/c13-10(5-9-1-4-19(16,17)8-9)6-11-7-15-2-3-18-12(15)14-11/h2-3,7,9-10H,1,4-6,8,13H2. The summed E-state index contributed by atoms with van der Waals surface area (Å²) < 4.78 is 24.8. The topological polar surface area (TPSA) is 77.5 Å². The summed E-state index contributed by atoms with van der Waals surface area (Å²) in [5.74, 6) is 0.854. The molecule has 7 heteroatoms. The minimum Gasteiger partial charge on any atom is -0.327 e. The molecule has 0 aromatic carbocycles. The van der Waals surface area contributed by atoms with Gasteiger partial charge in [-0.15, -0.1) is 11.3 Å². The lowest BCUT2D eigenvalue weighted by molar-refractivity contribution is 0.466. The number of nitrogens with two attached hydrogens (primary N) is 1. The van der Waals surface area contributed by atoms with Crippen molar-refractivity contribution < 1.29 is 8.42 Å². The van der Waals surface area contributed by atoms with E-state index in [-0.39, 0.29) is 12.0 Å². The Morgan fingerprint density at radius 3 is 3.11 bits per heavy atom. The molecule has 2 aromatic rings. The van der Waals surface area contributed by atoms with E-state index in [9.17, 15) is 8.42 Å². The molecule has 1 aliphatic rings. The van der Waals surface area contributed by atoms with Crippen molar-refractivity contribution in [3.63, 3.8) is 0 Å². The van der Waals surface area contributed by atoms with Crippen LogP contribution in [-0.2, 0) is 16.3 Å². The third-order valence-electron chi connectivity index (χ3n) is 3.58. The van der Waals surface area contributed by atoms with Crippen LogP contribution in [0.3, 0.4) is 0 Å². The van der Waals surface area contributed by atoms with Gasteiger partial charge in [0, 0.05) is 30.2 Å². The first-order chi connectivity index (χ1) is 9.02. The van der Waals surface area contributed by atoms with Crippen LogP contribution in [0, 0.1) is 5.92 Å². The highest BCUT2D eigenvalue weighted by atomic mass is 32.2. The predicted molar refractivity (Wildman–Crippen MR) is 76.1 cm³/mol. The maximum atomic E-state index is 11.4. The Kier molecular flexibility index (Phi) is 3.36. The van der Waals surface area contributed by atoms with Crippen LogP contribution in [0.25, 0.3) is 4.96 Å². The molecule has 0 amide bonds. The van der Waals surface area contributed by atoms with E-state index in [0.717, 1.165) is 23.5 Å². The molecule has 0 spiro atoms. The summed E-state index contributed by atoms with van der Waals surface area (Å²) in [6, 6.07) is -0.0112. The molecule has 2 aromatic heterocycles. The molecule has 0 saturated carbocycles. The number of imidazole rings is 1. The van der Waals surface area contributed by atoms with Gasteiger partial charge in [-0.05, 0) is 18.8 Å². The summed E-state index contributed by atoms with van der Waals surface area (Å²) in [5.41, 5.74) is 7.11. The highest BCUT2D eigenvalue weighted by molar-refractivity contribution is 7.91. The van der Waals surface area contributed by atoms with Crippen molar-refractivity contribution in [3.05, 3.63) is 23.5 Å². The summed E-state index contributed by atoms with van der Waals surface area (Å²) in [6.07, 6.45) is 6.21. The molecule has 3 heterocycles. The average molecular weight is 299 g/mol. The van der Waals surface area contributed by atoms with Crippen molar-refractivity contribution in [2.75, 3.05) is 11.5 Å². The van der Waals surface area contributed by atoms with Crippen molar-refractivity contribution in [2.45, 2.75) is 25.3 Å². The molecule has 2 atom stereocenters. The average Bonchev–Trinajstić information content (AvgIpc) is 2.93. The van der Waals surface area contributed by atoms with Crippen molar-refractivity contribution in [1.29, 1.82) is 0 Å². The van der Waals surface area contributed by atoms with Crippen molar-refractivity contribution in [3.8, 4) is 0 Å². The zero-order valence-corrected chi connectivity index (χ0v) is 12.2. The van der Waals surface area contributed by atoms with Gasteiger partial charge in [0.15, 0.2) is 14.8 Å². The molecule has 1 saturated heterocycles. The van der Waals surface area contributed by atoms with Gasteiger partial charge in [-0.1, -0.05) is 0 Å². The van der Waals surface area contributed by atoms with E-state index < -0.39 is 9.84 Å². The predicted octanol–water partition coefficient (Wildman–Crippen LogP) is 1.09. The van der Waals surface area contributed by atoms with Crippen molar-refractivity contribution in [2.24, 2.45) is 11.7 Å². The van der Waals surface area contributed by atoms with Crippen LogP contribution in [0.5, 0.6) is 0 Å². The van der Waals surface area contributed by atoms with Crippen molar-refractivity contribution >= 4 is 26.1 Å². The van der Waals surface area contributed by atoms with Crippen LogP contribution in [0.4, 0.5) is 0 Å². The number of rotatable bonds is 4. The summed E-state index contributed by atoms with van der Waals surface area (Å²) in [6.45, 7) is 0. The molecule has 2 unspecified atom stereocenters. The minimum atomic E-state index is -2.80. The first kappa shape index (κ1) is 13.1. The molecule has 19 heavy (non-hydrogen) atoms. The van der Waals surface area contributed by atoms with Crippen LogP contribution in [0.15, 0.2) is 17.8 Å². The van der Waals surface area contributed by atoms with E-state index >= 15 is 0 Å². The van der Waals surface area contributed by atoms with Crippen LogP contribution in [0.1, 0.15) is 18.5 Å². The summed E-state index contributed by atoms with van der Waals surface area (Å²) in [4.78, 5) is 5.48. The molecule has 3 rings (SSSR count). The number of hydrogen-bond acceptors (Lipinski definition) is 5. The second-order valence-corrected chi connectivity index (χ2v) is 8.40. The number of sulfone groups is 1. The summed E-state index contributed by atoms with van der Waals surface area (Å²) in [5, 5.41) is 2.00. The van der Waals surface area contributed by atoms with Crippen LogP contribution >= 0.6 is 11.3 Å². The lowest BCUT2D eigenvalue weighted by Crippen LogP contribution is -2.26. The van der Waals surface area contributed by atoms with Gasteiger partial charge in [-0.3, -0.25) is 4.40 Å². The highest BCUT2D eigenvalue weighted by Crippen LogP contribution is 2.23. The van der Waals surface area contributed by atoms with Gasteiger partial charge >= 0.3 is 0 Å².